The molecule has 1 aliphatic heterocycles. The second-order valence-corrected chi connectivity index (χ2v) is 4.72. The number of rotatable bonds is 4. The van der Waals surface area contributed by atoms with Gasteiger partial charge in [-0.3, -0.25) is 4.57 Å². The number of aromatic nitrogens is 2. The van der Waals surface area contributed by atoms with E-state index < -0.39 is 0 Å². The molecule has 0 saturated carbocycles. The number of ether oxygens (including phenoxy) is 1. The second kappa shape index (κ2) is 5.61. The Bertz CT molecular complexity index is 667. The summed E-state index contributed by atoms with van der Waals surface area (Å²) in [5, 5.41) is 8.64. The highest BCUT2D eigenvalue weighted by atomic mass is 16.5. The molecule has 1 aromatic rings. The van der Waals surface area contributed by atoms with E-state index >= 15 is 0 Å². The first-order valence-corrected chi connectivity index (χ1v) is 6.23. The first-order valence-electron chi connectivity index (χ1n) is 6.23. The molecule has 0 saturated heterocycles. The van der Waals surface area contributed by atoms with Crippen molar-refractivity contribution >= 4 is 5.82 Å². The molecule has 2 rings (SSSR count). The van der Waals surface area contributed by atoms with Gasteiger partial charge in [0.2, 0.25) is 5.88 Å². The highest BCUT2D eigenvalue weighted by Crippen LogP contribution is 2.20. The van der Waals surface area contributed by atoms with Crippen molar-refractivity contribution < 1.29 is 4.74 Å². The largest absolute Gasteiger partial charge is 0.473 e. The van der Waals surface area contributed by atoms with Crippen molar-refractivity contribution in [2.75, 3.05) is 25.1 Å². The average Bonchev–Trinajstić information content (AvgIpc) is 2.79. The molecule has 0 unspecified atom stereocenters. The molecule has 20 heavy (non-hydrogen) atoms. The molecule has 6 nitrogen and oxygen atoms in total. The van der Waals surface area contributed by atoms with Gasteiger partial charge in [-0.05, 0) is 18.6 Å². The lowest BCUT2D eigenvalue weighted by molar-refractivity contribution is 0.335. The van der Waals surface area contributed by atoms with E-state index in [4.69, 9.17) is 10.00 Å². The van der Waals surface area contributed by atoms with E-state index in [1.165, 1.54) is 0 Å². The van der Waals surface area contributed by atoms with E-state index in [1.54, 1.807) is 16.7 Å². The third-order valence-corrected chi connectivity index (χ3v) is 3.03. The van der Waals surface area contributed by atoms with E-state index in [0.29, 0.717) is 18.0 Å². The van der Waals surface area contributed by atoms with Gasteiger partial charge in [-0.15, -0.1) is 0 Å². The summed E-state index contributed by atoms with van der Waals surface area (Å²) in [4.78, 5) is 17.7. The highest BCUT2D eigenvalue weighted by Gasteiger charge is 2.18. The standard InChI is InChI=1S/C14H16N4O2/c1-10(8-15)6-11(2)9-20-12-7-13-17(3)4-5-18(13)14(19)16-12/h6-7H,1,4-5,9H2,2-3H3/b11-6+. The number of nitriles is 1. The summed E-state index contributed by atoms with van der Waals surface area (Å²) in [7, 11) is 1.92. The predicted molar refractivity (Wildman–Crippen MR) is 75.8 cm³/mol. The lowest BCUT2D eigenvalue weighted by atomic mass is 10.2. The molecular weight excluding hydrogens is 256 g/mol. The number of hydrogen-bond acceptors (Lipinski definition) is 5. The van der Waals surface area contributed by atoms with Gasteiger partial charge >= 0.3 is 5.69 Å². The van der Waals surface area contributed by atoms with Crippen molar-refractivity contribution in [1.29, 1.82) is 5.26 Å². The monoisotopic (exact) mass is 272 g/mol. The third kappa shape index (κ3) is 2.88. The molecule has 0 radical (unpaired) electrons. The van der Waals surface area contributed by atoms with Crippen LogP contribution in [0.15, 0.2) is 34.7 Å². The summed E-state index contributed by atoms with van der Waals surface area (Å²) < 4.78 is 7.12. The molecule has 0 spiro atoms. The quantitative estimate of drug-likeness (QED) is 0.606. The number of likely N-dealkylation sites (N-methyl/N-ethyl adjacent to an activating group) is 1. The van der Waals surface area contributed by atoms with Crippen LogP contribution in [0.4, 0.5) is 5.82 Å². The highest BCUT2D eigenvalue weighted by molar-refractivity contribution is 5.44. The number of anilines is 1. The first-order chi connectivity index (χ1) is 9.51. The number of hydrogen-bond donors (Lipinski definition) is 0. The molecule has 0 N–H and O–H groups in total. The van der Waals surface area contributed by atoms with Gasteiger partial charge in [-0.25, -0.2) is 4.79 Å². The molecule has 1 aromatic heterocycles. The van der Waals surface area contributed by atoms with E-state index in [-0.39, 0.29) is 12.3 Å². The Kier molecular flexibility index (Phi) is 3.89. The lowest BCUT2D eigenvalue weighted by Crippen LogP contribution is -2.22. The van der Waals surface area contributed by atoms with Gasteiger partial charge in [0.15, 0.2) is 0 Å². The van der Waals surface area contributed by atoms with Crippen molar-refractivity contribution in [2.45, 2.75) is 13.5 Å². The summed E-state index contributed by atoms with van der Waals surface area (Å²) in [6.45, 7) is 7.11. The summed E-state index contributed by atoms with van der Waals surface area (Å²) >= 11 is 0. The number of allylic oxidation sites excluding steroid dienone is 2. The zero-order chi connectivity index (χ0) is 14.7. The van der Waals surface area contributed by atoms with Crippen LogP contribution in [0.5, 0.6) is 5.88 Å². The van der Waals surface area contributed by atoms with E-state index in [0.717, 1.165) is 17.9 Å². The third-order valence-electron chi connectivity index (χ3n) is 3.03. The van der Waals surface area contributed by atoms with Gasteiger partial charge in [-0.2, -0.15) is 10.2 Å². The Labute approximate surface area is 117 Å². The van der Waals surface area contributed by atoms with E-state index in [1.807, 2.05) is 24.9 Å². The van der Waals surface area contributed by atoms with Crippen molar-refractivity contribution in [3.63, 3.8) is 0 Å². The smallest absolute Gasteiger partial charge is 0.352 e. The fourth-order valence-corrected chi connectivity index (χ4v) is 2.00. The first kappa shape index (κ1) is 13.9. The molecule has 2 heterocycles. The Morgan fingerprint density at radius 2 is 2.40 bits per heavy atom. The minimum Gasteiger partial charge on any atom is -0.473 e. The van der Waals surface area contributed by atoms with Crippen molar-refractivity contribution in [2.24, 2.45) is 0 Å². The molecule has 0 aromatic carbocycles. The van der Waals surface area contributed by atoms with Crippen LogP contribution >= 0.6 is 0 Å². The van der Waals surface area contributed by atoms with Gasteiger partial charge in [0, 0.05) is 31.8 Å². The predicted octanol–water partition coefficient (Wildman–Crippen LogP) is 1.10. The van der Waals surface area contributed by atoms with Gasteiger partial charge in [0.1, 0.15) is 12.4 Å². The average molecular weight is 272 g/mol. The van der Waals surface area contributed by atoms with Crippen LogP contribution in [-0.4, -0.2) is 29.8 Å². The molecular formula is C14H16N4O2. The Hall–Kier alpha value is -2.55. The van der Waals surface area contributed by atoms with Gasteiger partial charge in [0.25, 0.3) is 0 Å². The van der Waals surface area contributed by atoms with E-state index in [9.17, 15) is 4.79 Å². The SMILES string of the molecule is C=C(C#N)/C=C(\C)COc1cc2n(c(=O)n1)CCN2C. The van der Waals surface area contributed by atoms with Gasteiger partial charge in [0.05, 0.1) is 6.07 Å². The van der Waals surface area contributed by atoms with Crippen LogP contribution < -0.4 is 15.3 Å². The zero-order valence-electron chi connectivity index (χ0n) is 11.6. The maximum absolute atomic E-state index is 11.8. The summed E-state index contributed by atoms with van der Waals surface area (Å²) in [6.07, 6.45) is 1.65. The van der Waals surface area contributed by atoms with Crippen LogP contribution in [0.3, 0.4) is 0 Å². The molecule has 0 aliphatic carbocycles. The number of nitrogens with zero attached hydrogens (tertiary/aromatic N) is 4. The van der Waals surface area contributed by atoms with E-state index in [2.05, 4.69) is 11.6 Å². The molecule has 0 amide bonds. The molecule has 0 fully saturated rings. The van der Waals surface area contributed by atoms with Crippen LogP contribution in [0.25, 0.3) is 0 Å². The van der Waals surface area contributed by atoms with Gasteiger partial charge < -0.3 is 9.64 Å². The van der Waals surface area contributed by atoms with Crippen LogP contribution in [-0.2, 0) is 6.54 Å². The molecule has 104 valence electrons. The van der Waals surface area contributed by atoms with Crippen LogP contribution in [0, 0.1) is 11.3 Å². The van der Waals surface area contributed by atoms with Gasteiger partial charge in [-0.1, -0.05) is 6.58 Å². The summed E-state index contributed by atoms with van der Waals surface area (Å²) in [5.41, 5.74) is 0.907. The summed E-state index contributed by atoms with van der Waals surface area (Å²) in [6, 6.07) is 3.69. The number of fused-ring (bicyclic) bond motifs is 1. The minimum absolute atomic E-state index is 0.264. The maximum atomic E-state index is 11.8. The Balaban J connectivity index is 2.13. The van der Waals surface area contributed by atoms with Crippen molar-refractivity contribution in [3.05, 3.63) is 40.4 Å². The minimum atomic E-state index is -0.301. The van der Waals surface area contributed by atoms with Crippen LogP contribution in [0.2, 0.25) is 0 Å². The fourth-order valence-electron chi connectivity index (χ4n) is 2.00. The molecule has 1 aliphatic rings. The second-order valence-electron chi connectivity index (χ2n) is 4.72. The molecule has 0 bridgehead atoms. The fraction of sp³-hybridized carbons (Fsp3) is 0.357. The normalized spacial score (nSPS) is 13.8. The maximum Gasteiger partial charge on any atom is 0.352 e. The zero-order valence-corrected chi connectivity index (χ0v) is 11.6. The topological polar surface area (TPSA) is 71.1 Å². The Morgan fingerprint density at radius 1 is 1.65 bits per heavy atom. The molecule has 0 atom stereocenters. The lowest BCUT2D eigenvalue weighted by Gasteiger charge is -2.12. The van der Waals surface area contributed by atoms with Crippen molar-refractivity contribution in [3.8, 4) is 11.9 Å². The van der Waals surface area contributed by atoms with Crippen LogP contribution in [0.1, 0.15) is 6.92 Å². The van der Waals surface area contributed by atoms with Crippen molar-refractivity contribution in [1.82, 2.24) is 9.55 Å². The Morgan fingerprint density at radius 3 is 3.10 bits per heavy atom. The summed E-state index contributed by atoms with van der Waals surface area (Å²) in [5.74, 6) is 1.10. The molecule has 6 heteroatoms.